The van der Waals surface area contributed by atoms with Gasteiger partial charge in [0.25, 0.3) is 0 Å². The van der Waals surface area contributed by atoms with Crippen molar-refractivity contribution < 1.29 is 0 Å². The molecule has 0 aliphatic heterocycles. The largest absolute Gasteiger partial charge is 0.310 e. The average Bonchev–Trinajstić information content (AvgIpc) is 3.65. The maximum atomic E-state index is 5.51. The van der Waals surface area contributed by atoms with Gasteiger partial charge in [-0.05, 0) is 75.8 Å². The van der Waals surface area contributed by atoms with Gasteiger partial charge in [-0.2, -0.15) is 0 Å². The molecule has 0 fully saturated rings. The highest BCUT2D eigenvalue weighted by molar-refractivity contribution is 7.25. The van der Waals surface area contributed by atoms with Crippen LogP contribution in [0.1, 0.15) is 0 Å². The van der Waals surface area contributed by atoms with E-state index in [1.54, 1.807) is 0 Å². The SMILES string of the molecule is c1ccc(-c2ccc(N(c3ccc4c(c3)sc3ccccc34)c3ccc4ccc5ccc6nc(-c7ccccc7)c(-c7ccccc7)nc6c5c4c3)cc2)cc1. The van der Waals surface area contributed by atoms with Crippen molar-refractivity contribution in [3.63, 3.8) is 0 Å². The number of hydrogen-bond acceptors (Lipinski definition) is 4. The molecule has 0 saturated heterocycles. The molecule has 3 nitrogen and oxygen atoms in total. The van der Waals surface area contributed by atoms with Gasteiger partial charge in [0.1, 0.15) is 0 Å². The normalized spacial score (nSPS) is 11.6. The average molecular weight is 732 g/mol. The topological polar surface area (TPSA) is 29.0 Å². The van der Waals surface area contributed by atoms with Crippen LogP contribution >= 0.6 is 11.3 Å². The van der Waals surface area contributed by atoms with E-state index in [1.807, 2.05) is 23.5 Å². The quantitative estimate of drug-likeness (QED) is 0.159. The first-order chi connectivity index (χ1) is 27.7. The second-order valence-corrected chi connectivity index (χ2v) is 15.3. The maximum absolute atomic E-state index is 5.51. The Hall–Kier alpha value is -7.14. The lowest BCUT2D eigenvalue weighted by atomic mass is 9.98. The Morgan fingerprint density at radius 1 is 0.357 bits per heavy atom. The van der Waals surface area contributed by atoms with E-state index < -0.39 is 0 Å². The van der Waals surface area contributed by atoms with Crippen LogP contribution in [0, 0.1) is 0 Å². The lowest BCUT2D eigenvalue weighted by molar-refractivity contribution is 1.29. The van der Waals surface area contributed by atoms with Crippen molar-refractivity contribution >= 4 is 81.1 Å². The van der Waals surface area contributed by atoms with Crippen LogP contribution in [-0.2, 0) is 0 Å². The van der Waals surface area contributed by atoms with Crippen LogP contribution in [0.5, 0.6) is 0 Å². The number of thiophene rings is 1. The number of fused-ring (bicyclic) bond motifs is 8. The molecule has 0 aliphatic rings. The fourth-order valence-corrected chi connectivity index (χ4v) is 9.25. The van der Waals surface area contributed by atoms with Gasteiger partial charge in [0, 0.05) is 53.7 Å². The smallest absolute Gasteiger partial charge is 0.0979 e. The van der Waals surface area contributed by atoms with E-state index in [0.29, 0.717) is 0 Å². The van der Waals surface area contributed by atoms with Crippen LogP contribution in [-0.4, -0.2) is 9.97 Å². The molecule has 9 aromatic carbocycles. The molecule has 56 heavy (non-hydrogen) atoms. The van der Waals surface area contributed by atoms with Crippen LogP contribution in [0.15, 0.2) is 200 Å². The first-order valence-electron chi connectivity index (χ1n) is 18.9. The van der Waals surface area contributed by atoms with Crippen molar-refractivity contribution in [3.8, 4) is 33.6 Å². The minimum Gasteiger partial charge on any atom is -0.310 e. The summed E-state index contributed by atoms with van der Waals surface area (Å²) in [6, 6.07) is 71.5. The third-order valence-electron chi connectivity index (χ3n) is 10.8. The summed E-state index contributed by atoms with van der Waals surface area (Å²) in [6.45, 7) is 0. The van der Waals surface area contributed by atoms with Gasteiger partial charge in [-0.25, -0.2) is 9.97 Å². The Morgan fingerprint density at radius 3 is 1.64 bits per heavy atom. The van der Waals surface area contributed by atoms with E-state index >= 15 is 0 Å². The summed E-state index contributed by atoms with van der Waals surface area (Å²) in [5.74, 6) is 0. The molecular weight excluding hydrogens is 699 g/mol. The molecule has 2 heterocycles. The van der Waals surface area contributed by atoms with E-state index in [9.17, 15) is 0 Å². The molecule has 0 saturated carbocycles. The molecule has 0 aliphatic carbocycles. The number of aromatic nitrogens is 2. The summed E-state index contributed by atoms with van der Waals surface area (Å²) >= 11 is 1.85. The van der Waals surface area contributed by atoms with Crippen LogP contribution in [0.4, 0.5) is 17.1 Å². The van der Waals surface area contributed by atoms with Gasteiger partial charge in [0.05, 0.1) is 22.4 Å². The predicted octanol–water partition coefficient (Wildman–Crippen LogP) is 14.8. The summed E-state index contributed by atoms with van der Waals surface area (Å²) in [7, 11) is 0. The highest BCUT2D eigenvalue weighted by Gasteiger charge is 2.19. The van der Waals surface area contributed by atoms with Crippen LogP contribution in [0.2, 0.25) is 0 Å². The lowest BCUT2D eigenvalue weighted by Gasteiger charge is -2.26. The fourth-order valence-electron chi connectivity index (χ4n) is 8.11. The summed E-state index contributed by atoms with van der Waals surface area (Å²) in [5.41, 5.74) is 11.3. The molecule has 0 atom stereocenters. The molecular formula is C52H33N3S. The Balaban J connectivity index is 1.14. The number of anilines is 3. The molecule has 0 spiro atoms. The zero-order chi connectivity index (χ0) is 37.0. The first kappa shape index (κ1) is 32.3. The van der Waals surface area contributed by atoms with Gasteiger partial charge in [-0.15, -0.1) is 11.3 Å². The second-order valence-electron chi connectivity index (χ2n) is 14.2. The maximum Gasteiger partial charge on any atom is 0.0979 e. The van der Waals surface area contributed by atoms with Crippen molar-refractivity contribution in [2.75, 3.05) is 4.90 Å². The molecule has 262 valence electrons. The van der Waals surface area contributed by atoms with Gasteiger partial charge in [-0.1, -0.05) is 152 Å². The second kappa shape index (κ2) is 13.3. The van der Waals surface area contributed by atoms with Crippen molar-refractivity contribution in [2.45, 2.75) is 0 Å². The van der Waals surface area contributed by atoms with Crippen LogP contribution in [0.3, 0.4) is 0 Å². The van der Waals surface area contributed by atoms with Gasteiger partial charge < -0.3 is 4.90 Å². The Morgan fingerprint density at radius 2 is 0.893 bits per heavy atom. The zero-order valence-corrected chi connectivity index (χ0v) is 31.1. The number of benzene rings is 9. The molecule has 0 amide bonds. The van der Waals surface area contributed by atoms with Crippen LogP contribution in [0.25, 0.3) is 86.4 Å². The fraction of sp³-hybridized carbons (Fsp3) is 0. The molecule has 0 N–H and O–H groups in total. The van der Waals surface area contributed by atoms with Gasteiger partial charge >= 0.3 is 0 Å². The molecule has 0 bridgehead atoms. The Kier molecular flexibility index (Phi) is 7.68. The molecule has 0 radical (unpaired) electrons. The Bertz CT molecular complexity index is 3230. The highest BCUT2D eigenvalue weighted by Crippen LogP contribution is 2.43. The summed E-state index contributed by atoms with van der Waals surface area (Å²) in [6.07, 6.45) is 0. The van der Waals surface area contributed by atoms with Gasteiger partial charge in [0.2, 0.25) is 0 Å². The van der Waals surface area contributed by atoms with Gasteiger partial charge in [0.15, 0.2) is 0 Å². The summed E-state index contributed by atoms with van der Waals surface area (Å²) in [5, 5.41) is 7.11. The van der Waals surface area contributed by atoms with E-state index in [1.165, 1.54) is 31.3 Å². The molecule has 4 heteroatoms. The Labute approximate surface area is 328 Å². The van der Waals surface area contributed by atoms with Gasteiger partial charge in [-0.3, -0.25) is 0 Å². The van der Waals surface area contributed by atoms with Crippen molar-refractivity contribution in [2.24, 2.45) is 0 Å². The number of hydrogen-bond donors (Lipinski definition) is 0. The first-order valence-corrected chi connectivity index (χ1v) is 19.7. The number of nitrogens with zero attached hydrogens (tertiary/aromatic N) is 3. The predicted molar refractivity (Wildman–Crippen MR) is 238 cm³/mol. The summed E-state index contributed by atoms with van der Waals surface area (Å²) < 4.78 is 2.57. The van der Waals surface area contributed by atoms with E-state index in [4.69, 9.17) is 9.97 Å². The molecule has 11 rings (SSSR count). The minimum atomic E-state index is 0.873. The van der Waals surface area contributed by atoms with Crippen molar-refractivity contribution in [1.82, 2.24) is 9.97 Å². The molecule has 11 aromatic rings. The standard InChI is InChI=1S/C52H33N3S/c1-4-12-34(13-5-1)35-22-26-40(27-23-35)55(42-29-30-44-43-18-10-11-19-47(43)56-48(44)33-42)41-28-24-36-20-21-37-25-31-46-52(49(37)45(36)32-41)54-51(39-16-8-3-9-17-39)50(53-46)38-14-6-2-7-15-38/h1-33H. The number of rotatable bonds is 6. The van der Waals surface area contributed by atoms with Crippen molar-refractivity contribution in [3.05, 3.63) is 200 Å². The van der Waals surface area contributed by atoms with E-state index in [0.717, 1.165) is 72.2 Å². The van der Waals surface area contributed by atoms with E-state index in [-0.39, 0.29) is 0 Å². The summed E-state index contributed by atoms with van der Waals surface area (Å²) in [4.78, 5) is 13.2. The van der Waals surface area contributed by atoms with E-state index in [2.05, 4.69) is 193 Å². The van der Waals surface area contributed by atoms with Crippen LogP contribution < -0.4 is 4.90 Å². The minimum absolute atomic E-state index is 0.873. The van der Waals surface area contributed by atoms with Crippen molar-refractivity contribution in [1.29, 1.82) is 0 Å². The third kappa shape index (κ3) is 5.50. The third-order valence-corrected chi connectivity index (χ3v) is 12.0. The molecule has 0 unspecified atom stereocenters. The zero-order valence-electron chi connectivity index (χ0n) is 30.3. The lowest BCUT2D eigenvalue weighted by Crippen LogP contribution is -2.09. The molecule has 2 aromatic heterocycles. The monoisotopic (exact) mass is 731 g/mol. The highest BCUT2D eigenvalue weighted by atomic mass is 32.1.